The highest BCUT2D eigenvalue weighted by molar-refractivity contribution is 5.77. The van der Waals surface area contributed by atoms with Crippen LogP contribution in [0.2, 0.25) is 0 Å². The van der Waals surface area contributed by atoms with Gasteiger partial charge < -0.3 is 9.73 Å². The minimum atomic E-state index is 0.731. The summed E-state index contributed by atoms with van der Waals surface area (Å²) in [5, 5.41) is 3.51. The number of hydrogen-bond acceptors (Lipinski definition) is 3. The highest BCUT2D eigenvalue weighted by Gasteiger charge is 2.12. The minimum absolute atomic E-state index is 0.731. The standard InChI is InChI=1S/C16H22N2O/c1-12-18-15-11-14(7-8-16(15)19-12)17-10-9-13-5-3-2-4-6-13/h7-8,11,13,17H,2-6,9-10H2,1H3. The zero-order chi connectivity index (χ0) is 13.1. The van der Waals surface area contributed by atoms with Gasteiger partial charge in [0.2, 0.25) is 0 Å². The molecule has 0 bridgehead atoms. The van der Waals surface area contributed by atoms with E-state index in [-0.39, 0.29) is 0 Å². The molecule has 0 amide bonds. The Morgan fingerprint density at radius 2 is 2.11 bits per heavy atom. The summed E-state index contributed by atoms with van der Waals surface area (Å²) in [7, 11) is 0. The number of hydrogen-bond donors (Lipinski definition) is 1. The Balaban J connectivity index is 1.55. The molecule has 0 atom stereocenters. The fraction of sp³-hybridized carbons (Fsp3) is 0.562. The molecule has 19 heavy (non-hydrogen) atoms. The van der Waals surface area contributed by atoms with Crippen LogP contribution in [0.1, 0.15) is 44.4 Å². The maximum Gasteiger partial charge on any atom is 0.192 e. The Labute approximate surface area is 114 Å². The average Bonchev–Trinajstić information content (AvgIpc) is 2.79. The molecule has 1 aromatic heterocycles. The van der Waals surface area contributed by atoms with E-state index in [1.165, 1.54) is 38.5 Å². The summed E-state index contributed by atoms with van der Waals surface area (Å²) in [5.74, 6) is 1.66. The topological polar surface area (TPSA) is 38.1 Å². The lowest BCUT2D eigenvalue weighted by Crippen LogP contribution is -2.12. The fourth-order valence-electron chi connectivity index (χ4n) is 3.05. The van der Waals surface area contributed by atoms with Crippen LogP contribution < -0.4 is 5.32 Å². The number of fused-ring (bicyclic) bond motifs is 1. The van der Waals surface area contributed by atoms with Crippen LogP contribution in [0, 0.1) is 12.8 Å². The van der Waals surface area contributed by atoms with Gasteiger partial charge in [-0.1, -0.05) is 32.1 Å². The number of anilines is 1. The predicted octanol–water partition coefficient (Wildman–Crippen LogP) is 4.52. The van der Waals surface area contributed by atoms with Crippen LogP contribution in [-0.2, 0) is 0 Å². The zero-order valence-corrected chi connectivity index (χ0v) is 11.6. The molecular weight excluding hydrogens is 236 g/mol. The lowest BCUT2D eigenvalue weighted by Gasteiger charge is -2.21. The van der Waals surface area contributed by atoms with Crippen LogP contribution in [0.5, 0.6) is 0 Å². The van der Waals surface area contributed by atoms with E-state index in [4.69, 9.17) is 4.42 Å². The first-order valence-corrected chi connectivity index (χ1v) is 7.42. The van der Waals surface area contributed by atoms with Crippen molar-refractivity contribution in [2.24, 2.45) is 5.92 Å². The van der Waals surface area contributed by atoms with Gasteiger partial charge in [-0.15, -0.1) is 0 Å². The summed E-state index contributed by atoms with van der Waals surface area (Å²) in [6.45, 7) is 2.95. The van der Waals surface area contributed by atoms with Gasteiger partial charge in [-0.05, 0) is 30.5 Å². The number of benzene rings is 1. The van der Waals surface area contributed by atoms with Crippen molar-refractivity contribution in [3.8, 4) is 0 Å². The molecule has 1 aromatic carbocycles. The molecule has 1 aliphatic carbocycles. The van der Waals surface area contributed by atoms with E-state index in [0.29, 0.717) is 0 Å². The fourth-order valence-corrected chi connectivity index (χ4v) is 3.05. The van der Waals surface area contributed by atoms with Gasteiger partial charge in [0.15, 0.2) is 11.5 Å². The number of aromatic nitrogens is 1. The molecule has 0 spiro atoms. The third kappa shape index (κ3) is 3.09. The number of rotatable bonds is 4. The third-order valence-electron chi connectivity index (χ3n) is 4.10. The van der Waals surface area contributed by atoms with Crippen molar-refractivity contribution < 1.29 is 4.42 Å². The molecule has 0 aliphatic heterocycles. The summed E-state index contributed by atoms with van der Waals surface area (Å²) < 4.78 is 5.48. The van der Waals surface area contributed by atoms with E-state index in [0.717, 1.165) is 35.1 Å². The summed E-state index contributed by atoms with van der Waals surface area (Å²) >= 11 is 0. The van der Waals surface area contributed by atoms with E-state index >= 15 is 0 Å². The zero-order valence-electron chi connectivity index (χ0n) is 11.6. The first kappa shape index (κ1) is 12.5. The Bertz CT molecular complexity index is 541. The van der Waals surface area contributed by atoms with Crippen molar-refractivity contribution >= 4 is 16.8 Å². The maximum absolute atomic E-state index is 5.48. The first-order chi connectivity index (χ1) is 9.31. The highest BCUT2D eigenvalue weighted by Crippen LogP contribution is 2.26. The molecule has 3 nitrogen and oxygen atoms in total. The molecule has 1 heterocycles. The van der Waals surface area contributed by atoms with Crippen molar-refractivity contribution in [2.45, 2.75) is 45.4 Å². The molecule has 1 fully saturated rings. The smallest absolute Gasteiger partial charge is 0.192 e. The summed E-state index contributed by atoms with van der Waals surface area (Å²) in [6, 6.07) is 6.15. The highest BCUT2D eigenvalue weighted by atomic mass is 16.3. The number of oxazole rings is 1. The summed E-state index contributed by atoms with van der Waals surface area (Å²) in [5.41, 5.74) is 2.96. The van der Waals surface area contributed by atoms with Crippen molar-refractivity contribution in [3.63, 3.8) is 0 Å². The number of nitrogens with zero attached hydrogens (tertiary/aromatic N) is 1. The molecule has 0 radical (unpaired) electrons. The van der Waals surface area contributed by atoms with Crippen molar-refractivity contribution in [1.29, 1.82) is 0 Å². The second-order valence-corrected chi connectivity index (χ2v) is 5.63. The number of nitrogens with one attached hydrogen (secondary N) is 1. The lowest BCUT2D eigenvalue weighted by atomic mass is 9.87. The Kier molecular flexibility index (Phi) is 3.72. The van der Waals surface area contributed by atoms with Gasteiger partial charge in [0, 0.05) is 19.2 Å². The van der Waals surface area contributed by atoms with Crippen LogP contribution in [0.15, 0.2) is 22.6 Å². The molecular formula is C16H22N2O. The summed E-state index contributed by atoms with van der Waals surface area (Å²) in [6.07, 6.45) is 8.41. The van der Waals surface area contributed by atoms with Gasteiger partial charge in [-0.25, -0.2) is 4.98 Å². The molecule has 0 unspecified atom stereocenters. The predicted molar refractivity (Wildman–Crippen MR) is 78.4 cm³/mol. The molecule has 1 aliphatic rings. The SMILES string of the molecule is Cc1nc2cc(NCCC3CCCCC3)ccc2o1. The molecule has 2 aromatic rings. The largest absolute Gasteiger partial charge is 0.441 e. The Hall–Kier alpha value is -1.51. The van der Waals surface area contributed by atoms with Gasteiger partial charge in [0.1, 0.15) is 5.52 Å². The Morgan fingerprint density at radius 3 is 2.95 bits per heavy atom. The van der Waals surface area contributed by atoms with Crippen molar-refractivity contribution in [1.82, 2.24) is 4.98 Å². The first-order valence-electron chi connectivity index (χ1n) is 7.42. The van der Waals surface area contributed by atoms with Crippen molar-refractivity contribution in [2.75, 3.05) is 11.9 Å². The Morgan fingerprint density at radius 1 is 1.26 bits per heavy atom. The minimum Gasteiger partial charge on any atom is -0.441 e. The summed E-state index contributed by atoms with van der Waals surface area (Å²) in [4.78, 5) is 4.37. The van der Waals surface area contributed by atoms with Crippen LogP contribution in [0.4, 0.5) is 5.69 Å². The van der Waals surface area contributed by atoms with E-state index in [9.17, 15) is 0 Å². The van der Waals surface area contributed by atoms with Crippen LogP contribution in [-0.4, -0.2) is 11.5 Å². The van der Waals surface area contributed by atoms with Crippen molar-refractivity contribution in [3.05, 3.63) is 24.1 Å². The van der Waals surface area contributed by atoms with Gasteiger partial charge >= 0.3 is 0 Å². The van der Waals surface area contributed by atoms with Gasteiger partial charge in [-0.3, -0.25) is 0 Å². The second-order valence-electron chi connectivity index (χ2n) is 5.63. The molecule has 1 saturated carbocycles. The molecule has 3 heteroatoms. The lowest BCUT2D eigenvalue weighted by molar-refractivity contribution is 0.345. The van der Waals surface area contributed by atoms with Gasteiger partial charge in [0.25, 0.3) is 0 Å². The normalized spacial score (nSPS) is 16.9. The van der Waals surface area contributed by atoms with Gasteiger partial charge in [0.05, 0.1) is 0 Å². The molecule has 0 saturated heterocycles. The second kappa shape index (κ2) is 5.64. The maximum atomic E-state index is 5.48. The average molecular weight is 258 g/mol. The quantitative estimate of drug-likeness (QED) is 0.876. The number of aryl methyl sites for hydroxylation is 1. The van der Waals surface area contributed by atoms with E-state index in [2.05, 4.69) is 22.4 Å². The monoisotopic (exact) mass is 258 g/mol. The van der Waals surface area contributed by atoms with E-state index in [1.54, 1.807) is 0 Å². The van der Waals surface area contributed by atoms with Gasteiger partial charge in [-0.2, -0.15) is 0 Å². The molecule has 102 valence electrons. The van der Waals surface area contributed by atoms with Crippen LogP contribution in [0.3, 0.4) is 0 Å². The van der Waals surface area contributed by atoms with Crippen LogP contribution in [0.25, 0.3) is 11.1 Å². The van der Waals surface area contributed by atoms with E-state index in [1.807, 2.05) is 13.0 Å². The molecule has 3 rings (SSSR count). The molecule has 1 N–H and O–H groups in total. The third-order valence-corrected chi connectivity index (χ3v) is 4.10. The van der Waals surface area contributed by atoms with E-state index < -0.39 is 0 Å². The van der Waals surface area contributed by atoms with Crippen LogP contribution >= 0.6 is 0 Å².